The molecule has 1 saturated heterocycles. The molecule has 1 rings (SSSR count). The fourth-order valence-electron chi connectivity index (χ4n) is 2.62. The van der Waals surface area contributed by atoms with E-state index in [1.54, 1.807) is 6.92 Å². The molecule has 1 aliphatic heterocycles. The highest BCUT2D eigenvalue weighted by atomic mass is 16.4. The van der Waals surface area contributed by atoms with Crippen molar-refractivity contribution in [1.29, 1.82) is 0 Å². The van der Waals surface area contributed by atoms with Crippen molar-refractivity contribution in [2.75, 3.05) is 66.5 Å². The predicted molar refractivity (Wildman–Crippen MR) is 85.8 cm³/mol. The van der Waals surface area contributed by atoms with Gasteiger partial charge in [0, 0.05) is 45.8 Å². The average molecular weight is 300 g/mol. The van der Waals surface area contributed by atoms with Gasteiger partial charge in [0.1, 0.15) is 5.54 Å². The molecule has 0 aromatic carbocycles. The number of nitrogens with zero attached hydrogens (tertiary/aromatic N) is 3. The minimum Gasteiger partial charge on any atom is -0.480 e. The predicted octanol–water partition coefficient (Wildman–Crippen LogP) is 0.00850. The van der Waals surface area contributed by atoms with Crippen molar-refractivity contribution >= 4 is 5.97 Å². The van der Waals surface area contributed by atoms with E-state index in [-0.39, 0.29) is 0 Å². The molecule has 0 spiro atoms. The molecule has 1 atom stereocenters. The Bertz CT molecular complexity index is 317. The van der Waals surface area contributed by atoms with Gasteiger partial charge in [0.05, 0.1) is 0 Å². The second-order valence-electron chi connectivity index (χ2n) is 6.40. The number of aliphatic carboxylic acids is 1. The van der Waals surface area contributed by atoms with Crippen molar-refractivity contribution in [2.24, 2.45) is 0 Å². The Labute approximate surface area is 129 Å². The number of carbonyl (C=O) groups is 1. The highest BCUT2D eigenvalue weighted by molar-refractivity contribution is 5.78. The minimum absolute atomic E-state index is 0.647. The Morgan fingerprint density at radius 2 is 1.71 bits per heavy atom. The lowest BCUT2D eigenvalue weighted by Crippen LogP contribution is -2.53. The smallest absolute Gasteiger partial charge is 0.323 e. The van der Waals surface area contributed by atoms with Crippen molar-refractivity contribution in [3.05, 3.63) is 0 Å². The lowest BCUT2D eigenvalue weighted by Gasteiger charge is -2.36. The van der Waals surface area contributed by atoms with Crippen molar-refractivity contribution in [3.63, 3.8) is 0 Å². The van der Waals surface area contributed by atoms with Gasteiger partial charge in [-0.25, -0.2) is 0 Å². The van der Waals surface area contributed by atoms with Crippen LogP contribution in [0.1, 0.15) is 20.3 Å². The van der Waals surface area contributed by atoms with Gasteiger partial charge in [-0.1, -0.05) is 6.92 Å². The van der Waals surface area contributed by atoms with E-state index in [0.29, 0.717) is 13.0 Å². The Balaban J connectivity index is 2.30. The van der Waals surface area contributed by atoms with Crippen LogP contribution in [0.25, 0.3) is 0 Å². The van der Waals surface area contributed by atoms with Crippen LogP contribution in [-0.2, 0) is 4.79 Å². The van der Waals surface area contributed by atoms with Crippen molar-refractivity contribution < 1.29 is 9.90 Å². The van der Waals surface area contributed by atoms with Crippen molar-refractivity contribution in [2.45, 2.75) is 25.8 Å². The molecule has 21 heavy (non-hydrogen) atoms. The highest BCUT2D eigenvalue weighted by Gasteiger charge is 2.32. The number of rotatable bonds is 9. The molecular weight excluding hydrogens is 268 g/mol. The third-order valence-corrected chi connectivity index (χ3v) is 4.30. The molecule has 0 radical (unpaired) electrons. The summed E-state index contributed by atoms with van der Waals surface area (Å²) in [5, 5.41) is 12.5. The van der Waals surface area contributed by atoms with Crippen LogP contribution in [0.2, 0.25) is 0 Å². The van der Waals surface area contributed by atoms with E-state index < -0.39 is 11.5 Å². The van der Waals surface area contributed by atoms with Crippen LogP contribution in [-0.4, -0.2) is 97.8 Å². The first-order valence-electron chi connectivity index (χ1n) is 7.95. The zero-order valence-corrected chi connectivity index (χ0v) is 14.1. The number of carboxylic acids is 1. The van der Waals surface area contributed by atoms with Crippen LogP contribution in [0.5, 0.6) is 0 Å². The molecular formula is C15H32N4O2. The quantitative estimate of drug-likeness (QED) is 0.625. The van der Waals surface area contributed by atoms with E-state index in [4.69, 9.17) is 0 Å². The van der Waals surface area contributed by atoms with Gasteiger partial charge in [-0.15, -0.1) is 0 Å². The first-order valence-corrected chi connectivity index (χ1v) is 7.95. The van der Waals surface area contributed by atoms with Crippen molar-refractivity contribution in [1.82, 2.24) is 20.0 Å². The molecule has 0 saturated carbocycles. The Kier molecular flexibility index (Phi) is 7.59. The third kappa shape index (κ3) is 6.30. The average Bonchev–Trinajstić information content (AvgIpc) is 2.44. The van der Waals surface area contributed by atoms with Gasteiger partial charge in [-0.05, 0) is 34.0 Å². The summed E-state index contributed by atoms with van der Waals surface area (Å²) in [7, 11) is 4.20. The maximum atomic E-state index is 11.4. The monoisotopic (exact) mass is 300 g/mol. The zero-order valence-electron chi connectivity index (χ0n) is 14.1. The minimum atomic E-state index is -0.809. The van der Waals surface area contributed by atoms with Crippen molar-refractivity contribution in [3.8, 4) is 0 Å². The Morgan fingerprint density at radius 3 is 2.14 bits per heavy atom. The molecule has 0 aromatic heterocycles. The van der Waals surface area contributed by atoms with Crippen LogP contribution >= 0.6 is 0 Å². The number of likely N-dealkylation sites (N-methyl/N-ethyl adjacent to an activating group) is 2. The second kappa shape index (κ2) is 8.68. The van der Waals surface area contributed by atoms with Gasteiger partial charge in [0.2, 0.25) is 0 Å². The molecule has 0 amide bonds. The summed E-state index contributed by atoms with van der Waals surface area (Å²) in [4.78, 5) is 18.5. The van der Waals surface area contributed by atoms with E-state index in [9.17, 15) is 9.90 Å². The van der Waals surface area contributed by atoms with Crippen LogP contribution in [0.4, 0.5) is 0 Å². The Hall–Kier alpha value is -0.690. The van der Waals surface area contributed by atoms with E-state index in [1.165, 1.54) is 0 Å². The van der Waals surface area contributed by atoms with Crippen LogP contribution < -0.4 is 5.32 Å². The van der Waals surface area contributed by atoms with Gasteiger partial charge in [-0.2, -0.15) is 0 Å². The summed E-state index contributed by atoms with van der Waals surface area (Å²) in [6, 6.07) is 0. The SMILES string of the molecule is CCNC(C)(CCN1CCN(CCN(C)C)CC1)C(=O)O. The van der Waals surface area contributed by atoms with E-state index in [0.717, 1.165) is 45.8 Å². The molecule has 2 N–H and O–H groups in total. The second-order valence-corrected chi connectivity index (χ2v) is 6.40. The molecule has 6 heteroatoms. The molecule has 1 heterocycles. The first-order chi connectivity index (χ1) is 9.87. The fraction of sp³-hybridized carbons (Fsp3) is 0.933. The van der Waals surface area contributed by atoms with Gasteiger partial charge >= 0.3 is 5.97 Å². The van der Waals surface area contributed by atoms with E-state index in [1.807, 2.05) is 6.92 Å². The molecule has 1 unspecified atom stereocenters. The molecule has 0 aliphatic carbocycles. The number of hydrogen-bond donors (Lipinski definition) is 2. The lowest BCUT2D eigenvalue weighted by molar-refractivity contribution is -0.144. The van der Waals surface area contributed by atoms with E-state index in [2.05, 4.69) is 34.1 Å². The maximum Gasteiger partial charge on any atom is 0.323 e. The lowest BCUT2D eigenvalue weighted by atomic mass is 9.97. The molecule has 0 bridgehead atoms. The number of carboxylic acid groups (broad SMARTS) is 1. The Morgan fingerprint density at radius 1 is 1.19 bits per heavy atom. The third-order valence-electron chi connectivity index (χ3n) is 4.30. The largest absolute Gasteiger partial charge is 0.480 e. The van der Waals surface area contributed by atoms with Gasteiger partial charge in [0.25, 0.3) is 0 Å². The summed E-state index contributed by atoms with van der Waals surface area (Å²) in [5.41, 5.74) is -0.809. The number of piperazine rings is 1. The summed E-state index contributed by atoms with van der Waals surface area (Å²) in [6.07, 6.45) is 0.647. The summed E-state index contributed by atoms with van der Waals surface area (Å²) < 4.78 is 0. The molecule has 6 nitrogen and oxygen atoms in total. The first kappa shape index (κ1) is 18.4. The van der Waals surface area contributed by atoms with Gasteiger partial charge < -0.3 is 20.2 Å². The van der Waals surface area contributed by atoms with Crippen LogP contribution in [0.3, 0.4) is 0 Å². The zero-order chi connectivity index (χ0) is 15.9. The molecule has 124 valence electrons. The number of nitrogens with one attached hydrogen (secondary N) is 1. The fourth-order valence-corrected chi connectivity index (χ4v) is 2.62. The van der Waals surface area contributed by atoms with Crippen LogP contribution in [0.15, 0.2) is 0 Å². The van der Waals surface area contributed by atoms with Gasteiger partial charge in [0.15, 0.2) is 0 Å². The van der Waals surface area contributed by atoms with Gasteiger partial charge in [-0.3, -0.25) is 9.69 Å². The molecule has 0 aromatic rings. The summed E-state index contributed by atoms with van der Waals surface area (Å²) in [6.45, 7) is 11.7. The van der Waals surface area contributed by atoms with E-state index >= 15 is 0 Å². The maximum absolute atomic E-state index is 11.4. The number of hydrogen-bond acceptors (Lipinski definition) is 5. The molecule has 1 aliphatic rings. The standard InChI is InChI=1S/C15H32N4O2/c1-5-16-15(2,14(20)21)6-7-18-10-12-19(13-11-18)9-8-17(3)4/h16H,5-13H2,1-4H3,(H,20,21). The molecule has 1 fully saturated rings. The normalized spacial score (nSPS) is 20.6. The topological polar surface area (TPSA) is 59.0 Å². The summed E-state index contributed by atoms with van der Waals surface area (Å²) >= 11 is 0. The highest BCUT2D eigenvalue weighted by Crippen LogP contribution is 2.12. The summed E-state index contributed by atoms with van der Waals surface area (Å²) in [5.74, 6) is -0.756. The van der Waals surface area contributed by atoms with Crippen LogP contribution in [0, 0.1) is 0 Å².